The monoisotopic (exact) mass is 587 g/mol. The minimum absolute atomic E-state index is 0.0401. The van der Waals surface area contributed by atoms with Crippen molar-refractivity contribution in [1.29, 1.82) is 0 Å². The second kappa shape index (κ2) is 12.3. The van der Waals surface area contributed by atoms with Gasteiger partial charge in [-0.2, -0.15) is 4.98 Å². The summed E-state index contributed by atoms with van der Waals surface area (Å²) in [6.07, 6.45) is -0.422. The number of nitrogens with one attached hydrogen (secondary N) is 1. The predicted molar refractivity (Wildman–Crippen MR) is 152 cm³/mol. The van der Waals surface area contributed by atoms with Gasteiger partial charge in [0.25, 0.3) is 11.8 Å². The Labute approximate surface area is 245 Å². The molecule has 0 saturated carbocycles. The van der Waals surface area contributed by atoms with E-state index in [1.54, 1.807) is 19.9 Å². The molecule has 0 bridgehead atoms. The van der Waals surface area contributed by atoms with E-state index in [0.29, 0.717) is 16.7 Å². The third-order valence-corrected chi connectivity index (χ3v) is 6.45. The number of amides is 1. The topological polar surface area (TPSA) is 128 Å². The molecule has 0 aliphatic heterocycles. The third-order valence-electron chi connectivity index (χ3n) is 6.45. The Morgan fingerprint density at radius 3 is 2.37 bits per heavy atom. The zero-order valence-corrected chi connectivity index (χ0v) is 23.4. The van der Waals surface area contributed by atoms with Crippen molar-refractivity contribution < 1.29 is 37.2 Å². The lowest BCUT2D eigenvalue weighted by Crippen LogP contribution is -2.42. The highest BCUT2D eigenvalue weighted by Gasteiger charge is 2.24. The van der Waals surface area contributed by atoms with Crippen molar-refractivity contribution in [3.8, 4) is 39.9 Å². The van der Waals surface area contributed by atoms with E-state index in [4.69, 9.17) is 13.7 Å². The normalized spacial score (nSPS) is 11.9. The van der Waals surface area contributed by atoms with E-state index in [9.17, 15) is 19.1 Å². The molecular weight excluding hydrogens is 560 g/mol. The van der Waals surface area contributed by atoms with Gasteiger partial charge >= 0.3 is 5.97 Å². The Balaban J connectivity index is 1.26. The van der Waals surface area contributed by atoms with Gasteiger partial charge < -0.3 is 24.1 Å². The minimum atomic E-state index is -1.39. The molecule has 0 spiro atoms. The number of furan rings is 1. The first-order chi connectivity index (χ1) is 20.6. The first kappa shape index (κ1) is 29.2. The SMILES string of the molecule is Cc1ccc(-c2nc(-c3ccc(CC(NC(=O)c4ccc(-c5ccc(OC(C)C)c(F)c5)o4)C(=O)O)cc3F)no2)cc1. The molecule has 1 atom stereocenters. The number of halogens is 2. The molecule has 9 nitrogen and oxygen atoms in total. The number of carbonyl (C=O) groups is 2. The van der Waals surface area contributed by atoms with Crippen molar-refractivity contribution in [2.24, 2.45) is 0 Å². The summed E-state index contributed by atoms with van der Waals surface area (Å²) in [6, 6.07) is 17.2. The zero-order chi connectivity index (χ0) is 30.7. The second-order valence-electron chi connectivity index (χ2n) is 10.1. The average Bonchev–Trinajstić information content (AvgIpc) is 3.65. The lowest BCUT2D eigenvalue weighted by Gasteiger charge is -2.14. The van der Waals surface area contributed by atoms with Gasteiger partial charge in [-0.15, -0.1) is 0 Å². The fourth-order valence-corrected chi connectivity index (χ4v) is 4.30. The van der Waals surface area contributed by atoms with Crippen LogP contribution >= 0.6 is 0 Å². The highest BCUT2D eigenvalue weighted by molar-refractivity contribution is 5.94. The van der Waals surface area contributed by atoms with Gasteiger partial charge in [-0.1, -0.05) is 28.9 Å². The highest BCUT2D eigenvalue weighted by atomic mass is 19.1. The summed E-state index contributed by atoms with van der Waals surface area (Å²) in [6.45, 7) is 5.50. The molecule has 0 aliphatic carbocycles. The summed E-state index contributed by atoms with van der Waals surface area (Å²) in [5.41, 5.74) is 2.50. The molecule has 2 aromatic heterocycles. The van der Waals surface area contributed by atoms with Gasteiger partial charge in [0.15, 0.2) is 17.3 Å². The molecule has 0 fully saturated rings. The lowest BCUT2D eigenvalue weighted by molar-refractivity contribution is -0.139. The quantitative estimate of drug-likeness (QED) is 0.191. The van der Waals surface area contributed by atoms with Gasteiger partial charge in [-0.3, -0.25) is 4.79 Å². The molecule has 43 heavy (non-hydrogen) atoms. The van der Waals surface area contributed by atoms with Crippen molar-refractivity contribution in [3.63, 3.8) is 0 Å². The summed E-state index contributed by atoms with van der Waals surface area (Å²) in [4.78, 5) is 29.0. The maximum atomic E-state index is 15.1. The number of carbonyl (C=O) groups excluding carboxylic acids is 1. The van der Waals surface area contributed by atoms with Crippen LogP contribution < -0.4 is 10.1 Å². The largest absolute Gasteiger partial charge is 0.488 e. The molecule has 2 heterocycles. The Kier molecular flexibility index (Phi) is 8.33. The van der Waals surface area contributed by atoms with Crippen molar-refractivity contribution in [2.45, 2.75) is 39.3 Å². The minimum Gasteiger partial charge on any atom is -0.488 e. The van der Waals surface area contributed by atoms with Crippen LogP contribution in [0.3, 0.4) is 0 Å². The number of aromatic nitrogens is 2. The van der Waals surface area contributed by atoms with E-state index in [2.05, 4.69) is 15.5 Å². The molecular formula is C32H27F2N3O6. The van der Waals surface area contributed by atoms with Gasteiger partial charge in [0, 0.05) is 17.5 Å². The first-order valence-corrected chi connectivity index (χ1v) is 13.4. The van der Waals surface area contributed by atoms with E-state index < -0.39 is 29.6 Å². The van der Waals surface area contributed by atoms with Gasteiger partial charge in [0.05, 0.1) is 11.7 Å². The Hall–Kier alpha value is -5.32. The Morgan fingerprint density at radius 1 is 0.953 bits per heavy atom. The number of carboxylic acid groups (broad SMARTS) is 1. The number of hydrogen-bond acceptors (Lipinski definition) is 7. The number of aryl methyl sites for hydroxylation is 1. The maximum absolute atomic E-state index is 15.1. The van der Waals surface area contributed by atoms with E-state index in [-0.39, 0.29) is 47.1 Å². The summed E-state index contributed by atoms with van der Waals surface area (Å²) in [7, 11) is 0. The van der Waals surface area contributed by atoms with Crippen molar-refractivity contribution >= 4 is 11.9 Å². The number of nitrogens with zero attached hydrogens (tertiary/aromatic N) is 2. The lowest BCUT2D eigenvalue weighted by atomic mass is 10.0. The molecule has 0 radical (unpaired) electrons. The van der Waals surface area contributed by atoms with Crippen LogP contribution in [0.25, 0.3) is 34.2 Å². The Bertz CT molecular complexity index is 1780. The van der Waals surface area contributed by atoms with Gasteiger partial charge in [-0.25, -0.2) is 13.6 Å². The molecule has 1 unspecified atom stereocenters. The molecule has 0 saturated heterocycles. The molecule has 1 amide bonds. The molecule has 220 valence electrons. The van der Waals surface area contributed by atoms with Crippen LogP contribution in [0.5, 0.6) is 5.75 Å². The van der Waals surface area contributed by atoms with Crippen LogP contribution in [0.2, 0.25) is 0 Å². The summed E-state index contributed by atoms with van der Waals surface area (Å²) >= 11 is 0. The molecule has 11 heteroatoms. The summed E-state index contributed by atoms with van der Waals surface area (Å²) < 4.78 is 45.7. The number of benzene rings is 3. The molecule has 5 aromatic rings. The van der Waals surface area contributed by atoms with Gasteiger partial charge in [0.2, 0.25) is 5.82 Å². The van der Waals surface area contributed by atoms with Crippen LogP contribution in [0, 0.1) is 18.6 Å². The van der Waals surface area contributed by atoms with E-state index in [1.165, 1.54) is 36.4 Å². The summed E-state index contributed by atoms with van der Waals surface area (Å²) in [5.74, 6) is -3.01. The highest BCUT2D eigenvalue weighted by Crippen LogP contribution is 2.28. The molecule has 2 N–H and O–H groups in total. The van der Waals surface area contributed by atoms with Crippen LogP contribution in [-0.2, 0) is 11.2 Å². The van der Waals surface area contributed by atoms with Crippen molar-refractivity contribution in [1.82, 2.24) is 15.5 Å². The van der Waals surface area contributed by atoms with Crippen LogP contribution in [0.15, 0.2) is 81.7 Å². The Morgan fingerprint density at radius 2 is 1.70 bits per heavy atom. The number of ether oxygens (including phenoxy) is 1. The number of carboxylic acids is 1. The fourth-order valence-electron chi connectivity index (χ4n) is 4.30. The number of rotatable bonds is 10. The second-order valence-corrected chi connectivity index (χ2v) is 10.1. The van der Waals surface area contributed by atoms with Gasteiger partial charge in [-0.05, 0) is 80.9 Å². The van der Waals surface area contributed by atoms with Crippen LogP contribution in [-0.4, -0.2) is 39.3 Å². The van der Waals surface area contributed by atoms with Crippen molar-refractivity contribution in [2.75, 3.05) is 0 Å². The van der Waals surface area contributed by atoms with E-state index in [0.717, 1.165) is 11.6 Å². The third kappa shape index (κ3) is 6.78. The van der Waals surface area contributed by atoms with Gasteiger partial charge in [0.1, 0.15) is 17.6 Å². The smallest absolute Gasteiger partial charge is 0.326 e. The molecule has 3 aromatic carbocycles. The van der Waals surface area contributed by atoms with Crippen LogP contribution in [0.1, 0.15) is 35.5 Å². The van der Waals surface area contributed by atoms with E-state index >= 15 is 4.39 Å². The number of hydrogen-bond donors (Lipinski definition) is 2. The summed E-state index contributed by atoms with van der Waals surface area (Å²) in [5, 5.41) is 16.0. The zero-order valence-electron chi connectivity index (χ0n) is 23.4. The maximum Gasteiger partial charge on any atom is 0.326 e. The standard InChI is InChI=1S/C32H27F2N3O6/c1-17(2)41-27-11-9-21(16-24(27)34)26-12-13-28(42-26)30(38)35-25(32(39)40)15-19-6-10-22(23(33)14-19)29-36-31(43-37-29)20-7-4-18(3)5-8-20/h4-14,16-17,25H,15H2,1-3H3,(H,35,38)(H,39,40). The van der Waals surface area contributed by atoms with E-state index in [1.807, 2.05) is 31.2 Å². The molecule has 5 rings (SSSR count). The van der Waals surface area contributed by atoms with Crippen LogP contribution in [0.4, 0.5) is 8.78 Å². The van der Waals surface area contributed by atoms with Crippen molar-refractivity contribution in [3.05, 3.63) is 101 Å². The molecule has 0 aliphatic rings. The fraction of sp³-hybridized carbons (Fsp3) is 0.188. The average molecular weight is 588 g/mol. The first-order valence-electron chi connectivity index (χ1n) is 13.4. The predicted octanol–water partition coefficient (Wildman–Crippen LogP) is 6.46. The number of aliphatic carboxylic acids is 1.